The molecule has 4 rings (SSSR count). The van der Waals surface area contributed by atoms with Crippen LogP contribution in [0.5, 0.6) is 5.75 Å². The van der Waals surface area contributed by atoms with Gasteiger partial charge in [-0.25, -0.2) is 4.98 Å². The second-order valence-corrected chi connectivity index (χ2v) is 9.12. The van der Waals surface area contributed by atoms with Gasteiger partial charge in [-0.2, -0.15) is 0 Å². The summed E-state index contributed by atoms with van der Waals surface area (Å²) in [4.78, 5) is 30.2. The number of thiazole rings is 1. The lowest BCUT2D eigenvalue weighted by Crippen LogP contribution is -2.14. The summed E-state index contributed by atoms with van der Waals surface area (Å²) < 4.78 is 6.17. The number of fused-ring (bicyclic) bond motifs is 1. The van der Waals surface area contributed by atoms with E-state index in [1.165, 1.54) is 23.1 Å². The molecule has 0 radical (unpaired) electrons. The number of ether oxygens (including phenoxy) is 1. The van der Waals surface area contributed by atoms with Crippen LogP contribution in [0.15, 0.2) is 71.6 Å². The number of amides is 2. The highest BCUT2D eigenvalue weighted by atomic mass is 32.2. The predicted octanol–water partition coefficient (Wildman–Crippen LogP) is 5.60. The molecule has 0 atom stereocenters. The van der Waals surface area contributed by atoms with Crippen LogP contribution in [0.4, 0.5) is 10.8 Å². The van der Waals surface area contributed by atoms with Crippen LogP contribution in [0, 0.1) is 6.92 Å². The Labute approximate surface area is 194 Å². The third-order valence-electron chi connectivity index (χ3n) is 4.60. The number of anilines is 2. The monoisotopic (exact) mass is 463 g/mol. The number of nitrogens with zero attached hydrogens (tertiary/aromatic N) is 1. The van der Waals surface area contributed by atoms with E-state index in [2.05, 4.69) is 21.7 Å². The van der Waals surface area contributed by atoms with Crippen molar-refractivity contribution >= 4 is 55.9 Å². The number of hydrogen-bond acceptors (Lipinski definition) is 6. The Balaban J connectivity index is 1.33. The maximum Gasteiger partial charge on any atom is 0.255 e. The summed E-state index contributed by atoms with van der Waals surface area (Å²) >= 11 is 2.86. The lowest BCUT2D eigenvalue weighted by Gasteiger charge is -2.08. The number of rotatable bonds is 7. The number of carbonyl (C=O) groups excluding carboxylic acids is 2. The molecule has 8 heteroatoms. The molecule has 6 nitrogen and oxygen atoms in total. The molecule has 0 aliphatic heterocycles. The number of methoxy groups -OCH3 is 1. The molecule has 3 aromatic carbocycles. The van der Waals surface area contributed by atoms with Gasteiger partial charge in [0.2, 0.25) is 5.91 Å². The van der Waals surface area contributed by atoms with E-state index >= 15 is 0 Å². The fourth-order valence-electron chi connectivity index (χ4n) is 3.00. The Bertz CT molecular complexity index is 1270. The molecule has 1 heterocycles. The van der Waals surface area contributed by atoms with Crippen molar-refractivity contribution in [3.05, 3.63) is 77.9 Å². The van der Waals surface area contributed by atoms with E-state index < -0.39 is 0 Å². The molecule has 32 heavy (non-hydrogen) atoms. The molecular weight excluding hydrogens is 442 g/mol. The zero-order chi connectivity index (χ0) is 22.5. The minimum atomic E-state index is -0.210. The topological polar surface area (TPSA) is 80.3 Å². The van der Waals surface area contributed by atoms with E-state index in [0.29, 0.717) is 22.1 Å². The Kier molecular flexibility index (Phi) is 6.72. The molecule has 2 amide bonds. The zero-order valence-corrected chi connectivity index (χ0v) is 19.2. The van der Waals surface area contributed by atoms with Gasteiger partial charge in [0.25, 0.3) is 5.91 Å². The average Bonchev–Trinajstić information content (AvgIpc) is 3.19. The van der Waals surface area contributed by atoms with Crippen molar-refractivity contribution in [1.29, 1.82) is 0 Å². The number of aryl methyl sites for hydroxylation is 1. The van der Waals surface area contributed by atoms with Gasteiger partial charge in [0.05, 0.1) is 23.1 Å². The van der Waals surface area contributed by atoms with Gasteiger partial charge in [-0.3, -0.25) is 9.59 Å². The van der Waals surface area contributed by atoms with Gasteiger partial charge in [-0.05, 0) is 67.1 Å². The van der Waals surface area contributed by atoms with Crippen LogP contribution in [0.25, 0.3) is 10.2 Å². The zero-order valence-electron chi connectivity index (χ0n) is 17.5. The van der Waals surface area contributed by atoms with Gasteiger partial charge < -0.3 is 15.4 Å². The second-order valence-electron chi connectivity index (χ2n) is 7.04. The van der Waals surface area contributed by atoms with Crippen molar-refractivity contribution in [3.63, 3.8) is 0 Å². The predicted molar refractivity (Wildman–Crippen MR) is 131 cm³/mol. The Morgan fingerprint density at radius 2 is 1.84 bits per heavy atom. The average molecular weight is 464 g/mol. The van der Waals surface area contributed by atoms with Crippen LogP contribution >= 0.6 is 23.1 Å². The minimum absolute atomic E-state index is 0.126. The summed E-state index contributed by atoms with van der Waals surface area (Å²) in [6.07, 6.45) is 0. The third-order valence-corrected chi connectivity index (χ3v) is 6.53. The van der Waals surface area contributed by atoms with Gasteiger partial charge in [0.1, 0.15) is 5.75 Å². The van der Waals surface area contributed by atoms with Crippen LogP contribution in [0.1, 0.15) is 15.9 Å². The highest BCUT2D eigenvalue weighted by Crippen LogP contribution is 2.27. The minimum Gasteiger partial charge on any atom is -0.497 e. The van der Waals surface area contributed by atoms with Crippen LogP contribution < -0.4 is 15.4 Å². The van der Waals surface area contributed by atoms with Crippen LogP contribution in [0.3, 0.4) is 0 Å². The molecular formula is C24H21N3O3S2. The van der Waals surface area contributed by atoms with Crippen molar-refractivity contribution < 1.29 is 14.3 Å². The molecule has 2 N–H and O–H groups in total. The van der Waals surface area contributed by atoms with Crippen LogP contribution in [0.2, 0.25) is 0 Å². The fourth-order valence-corrected chi connectivity index (χ4v) is 4.73. The van der Waals surface area contributed by atoms with Crippen LogP contribution in [-0.2, 0) is 4.79 Å². The van der Waals surface area contributed by atoms with Gasteiger partial charge in [-0.15, -0.1) is 11.8 Å². The highest BCUT2D eigenvalue weighted by Gasteiger charge is 2.10. The summed E-state index contributed by atoms with van der Waals surface area (Å²) in [5.74, 6) is 0.599. The fraction of sp³-hybridized carbons (Fsp3) is 0.125. The standard InChI is InChI=1S/C24H21N3O3S2/c1-15-6-11-20-21(12-15)32-24(26-20)27-22(28)14-31-19-5-3-4-17(13-19)25-23(29)16-7-9-18(30-2)10-8-16/h3-13H,14H2,1-2H3,(H,25,29)(H,26,27,28). The SMILES string of the molecule is COc1ccc(C(=O)Nc2cccc(SCC(=O)Nc3nc4ccc(C)cc4s3)c2)cc1. The van der Waals surface area contributed by atoms with Crippen molar-refractivity contribution in [2.75, 3.05) is 23.5 Å². The molecule has 0 bridgehead atoms. The number of benzene rings is 3. The summed E-state index contributed by atoms with van der Waals surface area (Å²) in [6, 6.07) is 20.3. The number of aromatic nitrogens is 1. The molecule has 0 aliphatic carbocycles. The smallest absolute Gasteiger partial charge is 0.255 e. The van der Waals surface area contributed by atoms with Crippen molar-refractivity contribution in [2.24, 2.45) is 0 Å². The second kappa shape index (κ2) is 9.84. The van der Waals surface area contributed by atoms with Crippen molar-refractivity contribution in [3.8, 4) is 5.75 Å². The summed E-state index contributed by atoms with van der Waals surface area (Å²) in [6.45, 7) is 2.03. The summed E-state index contributed by atoms with van der Waals surface area (Å²) in [7, 11) is 1.58. The molecule has 0 aliphatic rings. The van der Waals surface area contributed by atoms with E-state index in [4.69, 9.17) is 4.74 Å². The van der Waals surface area contributed by atoms with Crippen molar-refractivity contribution in [1.82, 2.24) is 4.98 Å². The number of hydrogen-bond donors (Lipinski definition) is 2. The molecule has 0 unspecified atom stereocenters. The lowest BCUT2D eigenvalue weighted by atomic mass is 10.2. The Hall–Kier alpha value is -3.36. The van der Waals surface area contributed by atoms with E-state index in [-0.39, 0.29) is 17.6 Å². The molecule has 4 aromatic rings. The van der Waals surface area contributed by atoms with Gasteiger partial charge in [0, 0.05) is 16.1 Å². The number of nitrogens with one attached hydrogen (secondary N) is 2. The first-order valence-corrected chi connectivity index (χ1v) is 11.7. The maximum absolute atomic E-state index is 12.5. The molecule has 0 saturated carbocycles. The van der Waals surface area contributed by atoms with E-state index in [1.54, 1.807) is 31.4 Å². The van der Waals surface area contributed by atoms with Gasteiger partial charge in [0.15, 0.2) is 5.13 Å². The largest absolute Gasteiger partial charge is 0.497 e. The van der Waals surface area contributed by atoms with Gasteiger partial charge >= 0.3 is 0 Å². The Morgan fingerprint density at radius 3 is 2.62 bits per heavy atom. The molecule has 1 aromatic heterocycles. The van der Waals surface area contributed by atoms with E-state index in [0.717, 1.165) is 20.7 Å². The highest BCUT2D eigenvalue weighted by molar-refractivity contribution is 8.00. The first-order valence-electron chi connectivity index (χ1n) is 9.85. The van der Waals surface area contributed by atoms with Gasteiger partial charge in [-0.1, -0.05) is 23.5 Å². The summed E-state index contributed by atoms with van der Waals surface area (Å²) in [5, 5.41) is 6.34. The Morgan fingerprint density at radius 1 is 1.03 bits per heavy atom. The van der Waals surface area contributed by atoms with E-state index in [1.807, 2.05) is 43.3 Å². The number of carbonyl (C=O) groups is 2. The molecule has 0 saturated heterocycles. The van der Waals surface area contributed by atoms with Crippen molar-refractivity contribution in [2.45, 2.75) is 11.8 Å². The third kappa shape index (κ3) is 5.46. The molecule has 0 spiro atoms. The van der Waals surface area contributed by atoms with E-state index in [9.17, 15) is 9.59 Å². The number of thioether (sulfide) groups is 1. The normalized spacial score (nSPS) is 10.7. The maximum atomic E-state index is 12.5. The first-order chi connectivity index (χ1) is 15.5. The molecule has 162 valence electrons. The summed E-state index contributed by atoms with van der Waals surface area (Å²) in [5.41, 5.74) is 3.24. The van der Waals surface area contributed by atoms with Crippen LogP contribution in [-0.4, -0.2) is 29.7 Å². The molecule has 0 fully saturated rings. The quantitative estimate of drug-likeness (QED) is 0.349. The first kappa shape index (κ1) is 21.9. The lowest BCUT2D eigenvalue weighted by molar-refractivity contribution is -0.113.